The Bertz CT molecular complexity index is 345. The molecule has 1 atom stereocenters. The summed E-state index contributed by atoms with van der Waals surface area (Å²) in [5, 5.41) is 3.42. The molecule has 0 heterocycles. The molecule has 17 heavy (non-hydrogen) atoms. The molecule has 0 aliphatic rings. The zero-order valence-corrected chi connectivity index (χ0v) is 12.7. The van der Waals surface area contributed by atoms with Crippen molar-refractivity contribution < 1.29 is 0 Å². The highest BCUT2D eigenvalue weighted by Gasteiger charge is 2.16. The smallest absolute Gasteiger partial charge is 0.0409 e. The molecule has 1 nitrogen and oxygen atoms in total. The van der Waals surface area contributed by atoms with Crippen LogP contribution in [-0.2, 0) is 0 Å². The van der Waals surface area contributed by atoms with Gasteiger partial charge in [-0.15, -0.1) is 0 Å². The molecule has 1 rings (SSSR count). The van der Waals surface area contributed by atoms with E-state index < -0.39 is 0 Å². The number of hydrogen-bond acceptors (Lipinski definition) is 2. The lowest BCUT2D eigenvalue weighted by Gasteiger charge is -2.23. The van der Waals surface area contributed by atoms with Gasteiger partial charge in [-0.1, -0.05) is 50.1 Å². The van der Waals surface area contributed by atoms with Gasteiger partial charge in [0.2, 0.25) is 0 Å². The largest absolute Gasteiger partial charge is 0.312 e. The fraction of sp³-hybridized carbons (Fsp3) is 0.600. The lowest BCUT2D eigenvalue weighted by Crippen LogP contribution is -2.22. The number of hydrogen-bond donors (Lipinski definition) is 1. The molecule has 0 radical (unpaired) electrons. The van der Waals surface area contributed by atoms with Gasteiger partial charge < -0.3 is 5.32 Å². The molecule has 0 aliphatic heterocycles. The van der Waals surface area contributed by atoms with Crippen LogP contribution in [0.4, 0.5) is 0 Å². The Hall–Kier alpha value is -0.470. The van der Waals surface area contributed by atoms with E-state index in [0.29, 0.717) is 10.8 Å². The summed E-state index contributed by atoms with van der Waals surface area (Å²) in [5.74, 6) is 1.11. The first-order chi connectivity index (χ1) is 7.81. The summed E-state index contributed by atoms with van der Waals surface area (Å²) in [6.07, 6.45) is 0. The number of nitrogens with one attached hydrogen (secondary N) is 1. The predicted molar refractivity (Wildman–Crippen MR) is 79.9 cm³/mol. The standard InChI is InChI=1S/C15H25NS/c1-11-7-12(2)9-13(8-11)14(16-6)10-17-15(3,4)5/h7-9,14,16H,10H2,1-6H3. The molecule has 1 unspecified atom stereocenters. The summed E-state index contributed by atoms with van der Waals surface area (Å²) in [6, 6.07) is 7.25. The van der Waals surface area contributed by atoms with Crippen LogP contribution in [0.3, 0.4) is 0 Å². The minimum Gasteiger partial charge on any atom is -0.312 e. The van der Waals surface area contributed by atoms with Crippen molar-refractivity contribution in [1.82, 2.24) is 5.32 Å². The van der Waals surface area contributed by atoms with Crippen LogP contribution in [0.5, 0.6) is 0 Å². The maximum atomic E-state index is 3.42. The second kappa shape index (κ2) is 5.92. The van der Waals surface area contributed by atoms with Crippen molar-refractivity contribution >= 4 is 11.8 Å². The molecule has 96 valence electrons. The Morgan fingerprint density at radius 2 is 1.65 bits per heavy atom. The highest BCUT2D eigenvalue weighted by molar-refractivity contribution is 8.00. The number of benzene rings is 1. The van der Waals surface area contributed by atoms with Gasteiger partial charge in [0.1, 0.15) is 0 Å². The second-order valence-electron chi connectivity index (χ2n) is 5.69. The molecular formula is C15H25NS. The minimum atomic E-state index is 0.327. The summed E-state index contributed by atoms with van der Waals surface area (Å²) in [7, 11) is 2.05. The van der Waals surface area contributed by atoms with Crippen molar-refractivity contribution in [2.24, 2.45) is 0 Å². The van der Waals surface area contributed by atoms with Crippen LogP contribution in [0.25, 0.3) is 0 Å². The summed E-state index contributed by atoms with van der Waals surface area (Å²) in [4.78, 5) is 0. The van der Waals surface area contributed by atoms with E-state index in [0.717, 1.165) is 5.75 Å². The zero-order valence-electron chi connectivity index (χ0n) is 11.9. The topological polar surface area (TPSA) is 12.0 Å². The van der Waals surface area contributed by atoms with E-state index in [-0.39, 0.29) is 0 Å². The van der Waals surface area contributed by atoms with Crippen molar-refractivity contribution in [2.45, 2.75) is 45.4 Å². The van der Waals surface area contributed by atoms with Crippen LogP contribution in [-0.4, -0.2) is 17.5 Å². The first kappa shape index (κ1) is 14.6. The number of aryl methyl sites for hydroxylation is 2. The van der Waals surface area contributed by atoms with Gasteiger partial charge >= 0.3 is 0 Å². The fourth-order valence-electron chi connectivity index (χ4n) is 1.89. The van der Waals surface area contributed by atoms with Crippen molar-refractivity contribution in [1.29, 1.82) is 0 Å². The van der Waals surface area contributed by atoms with E-state index in [1.807, 2.05) is 18.8 Å². The van der Waals surface area contributed by atoms with Crippen molar-refractivity contribution in [3.63, 3.8) is 0 Å². The van der Waals surface area contributed by atoms with Crippen LogP contribution in [0.2, 0.25) is 0 Å². The van der Waals surface area contributed by atoms with Crippen LogP contribution in [0.15, 0.2) is 18.2 Å². The Morgan fingerprint density at radius 3 is 2.06 bits per heavy atom. The van der Waals surface area contributed by atoms with Gasteiger partial charge in [0.05, 0.1) is 0 Å². The van der Waals surface area contributed by atoms with Crippen LogP contribution < -0.4 is 5.32 Å². The molecule has 0 saturated heterocycles. The Kier molecular flexibility index (Phi) is 5.08. The van der Waals surface area contributed by atoms with Crippen LogP contribution in [0.1, 0.15) is 43.5 Å². The summed E-state index contributed by atoms with van der Waals surface area (Å²) in [6.45, 7) is 11.1. The molecule has 1 N–H and O–H groups in total. The van der Waals surface area contributed by atoms with Gasteiger partial charge in [0.25, 0.3) is 0 Å². The normalized spacial score (nSPS) is 13.8. The molecule has 0 fully saturated rings. The van der Waals surface area contributed by atoms with E-state index >= 15 is 0 Å². The maximum Gasteiger partial charge on any atom is 0.0409 e. The van der Waals surface area contributed by atoms with Crippen molar-refractivity contribution in [2.75, 3.05) is 12.8 Å². The maximum absolute atomic E-state index is 3.42. The number of rotatable bonds is 4. The first-order valence-electron chi connectivity index (χ1n) is 6.21. The van der Waals surface area contributed by atoms with Gasteiger partial charge in [-0.05, 0) is 26.5 Å². The van der Waals surface area contributed by atoms with E-state index in [1.54, 1.807) is 0 Å². The third kappa shape index (κ3) is 5.13. The van der Waals surface area contributed by atoms with E-state index in [1.165, 1.54) is 16.7 Å². The lowest BCUT2D eigenvalue weighted by atomic mass is 10.0. The van der Waals surface area contributed by atoms with Crippen LogP contribution in [0, 0.1) is 13.8 Å². The quantitative estimate of drug-likeness (QED) is 0.865. The second-order valence-corrected chi connectivity index (χ2v) is 7.53. The Labute approximate surface area is 110 Å². The minimum absolute atomic E-state index is 0.327. The SMILES string of the molecule is CNC(CSC(C)(C)C)c1cc(C)cc(C)c1. The average molecular weight is 251 g/mol. The summed E-state index contributed by atoms with van der Waals surface area (Å²) >= 11 is 2.01. The van der Waals surface area contributed by atoms with Gasteiger partial charge in [-0.3, -0.25) is 0 Å². The van der Waals surface area contributed by atoms with Crippen LogP contribution >= 0.6 is 11.8 Å². The predicted octanol–water partition coefficient (Wildman–Crippen LogP) is 4.10. The first-order valence-corrected chi connectivity index (χ1v) is 7.20. The molecule has 1 aromatic carbocycles. The molecule has 0 aliphatic carbocycles. The highest BCUT2D eigenvalue weighted by atomic mass is 32.2. The van der Waals surface area contributed by atoms with Gasteiger partial charge in [-0.25, -0.2) is 0 Å². The van der Waals surface area contributed by atoms with Crippen molar-refractivity contribution in [3.8, 4) is 0 Å². The summed E-state index contributed by atoms with van der Waals surface area (Å²) < 4.78 is 0.327. The molecule has 2 heteroatoms. The molecule has 1 aromatic rings. The van der Waals surface area contributed by atoms with E-state index in [9.17, 15) is 0 Å². The van der Waals surface area contributed by atoms with Gasteiger partial charge in [0.15, 0.2) is 0 Å². The zero-order chi connectivity index (χ0) is 13.1. The Morgan fingerprint density at radius 1 is 1.12 bits per heavy atom. The highest BCUT2D eigenvalue weighted by Crippen LogP contribution is 2.28. The van der Waals surface area contributed by atoms with E-state index in [2.05, 4.69) is 58.1 Å². The Balaban J connectivity index is 2.79. The third-order valence-electron chi connectivity index (χ3n) is 2.68. The monoisotopic (exact) mass is 251 g/mol. The van der Waals surface area contributed by atoms with Gasteiger partial charge in [0, 0.05) is 16.5 Å². The lowest BCUT2D eigenvalue weighted by molar-refractivity contribution is 0.655. The average Bonchev–Trinajstić information content (AvgIpc) is 2.15. The summed E-state index contributed by atoms with van der Waals surface area (Å²) in [5.41, 5.74) is 4.10. The third-order valence-corrected chi connectivity index (χ3v) is 4.04. The molecular weight excluding hydrogens is 226 g/mol. The molecule has 0 aromatic heterocycles. The fourth-order valence-corrected chi connectivity index (χ4v) is 2.92. The molecule has 0 saturated carbocycles. The van der Waals surface area contributed by atoms with Crippen molar-refractivity contribution in [3.05, 3.63) is 34.9 Å². The molecule has 0 amide bonds. The molecule has 0 bridgehead atoms. The van der Waals surface area contributed by atoms with E-state index in [4.69, 9.17) is 0 Å². The molecule has 0 spiro atoms. The van der Waals surface area contributed by atoms with Gasteiger partial charge in [-0.2, -0.15) is 11.8 Å². The number of thioether (sulfide) groups is 1.